The highest BCUT2D eigenvalue weighted by molar-refractivity contribution is 6.17. The van der Waals surface area contributed by atoms with E-state index in [2.05, 4.69) is 21.7 Å². The van der Waals surface area contributed by atoms with Gasteiger partial charge in [0.25, 0.3) is 0 Å². The molecule has 1 saturated heterocycles. The van der Waals surface area contributed by atoms with Crippen molar-refractivity contribution >= 4 is 11.6 Å². The van der Waals surface area contributed by atoms with E-state index in [4.69, 9.17) is 11.6 Å². The van der Waals surface area contributed by atoms with E-state index in [1.54, 1.807) is 6.08 Å². The van der Waals surface area contributed by atoms with Crippen molar-refractivity contribution < 1.29 is 9.50 Å². The van der Waals surface area contributed by atoms with Crippen LogP contribution in [0.5, 0.6) is 0 Å². The Bertz CT molecular complexity index is 399. The van der Waals surface area contributed by atoms with Crippen LogP contribution in [0.4, 0.5) is 4.39 Å². The van der Waals surface area contributed by atoms with Crippen molar-refractivity contribution in [2.24, 2.45) is 5.92 Å². The summed E-state index contributed by atoms with van der Waals surface area (Å²) in [6.45, 7) is 7.80. The van der Waals surface area contributed by atoms with Gasteiger partial charge in [0.05, 0.1) is 0 Å². The number of rotatable bonds is 10. The van der Waals surface area contributed by atoms with E-state index in [0.717, 1.165) is 51.1 Å². The monoisotopic (exact) mass is 345 g/mol. The van der Waals surface area contributed by atoms with E-state index >= 15 is 0 Å². The van der Waals surface area contributed by atoms with E-state index in [9.17, 15) is 9.50 Å². The molecule has 0 bridgehead atoms. The number of aliphatic hydroxyl groups excluding tert-OH is 1. The first-order chi connectivity index (χ1) is 11.2. The molecule has 2 aliphatic rings. The highest BCUT2D eigenvalue weighted by Crippen LogP contribution is 2.31. The zero-order valence-electron chi connectivity index (χ0n) is 13.8. The van der Waals surface area contributed by atoms with Gasteiger partial charge >= 0.3 is 0 Å². The molecule has 6 heteroatoms. The first-order valence-corrected chi connectivity index (χ1v) is 9.06. The van der Waals surface area contributed by atoms with Gasteiger partial charge in [-0.1, -0.05) is 18.7 Å². The third-order valence-corrected chi connectivity index (χ3v) is 4.92. The standard InChI is InChI=1S/C17H29ClFN3O/c1-14(4-2-6-18)21-8-10-22(11-9-21)17(23)13-20-16-12-15(16)5-3-7-19/h3,5,15-17,20,23H,1-2,4,6-13H2/b5-3+. The van der Waals surface area contributed by atoms with Gasteiger partial charge in [-0.3, -0.25) is 4.90 Å². The Morgan fingerprint density at radius 2 is 2.13 bits per heavy atom. The number of piperazine rings is 1. The van der Waals surface area contributed by atoms with Crippen LogP contribution in [0.3, 0.4) is 0 Å². The first-order valence-electron chi connectivity index (χ1n) is 8.52. The predicted octanol–water partition coefficient (Wildman–Crippen LogP) is 1.96. The molecule has 0 aromatic rings. The zero-order chi connectivity index (χ0) is 16.7. The lowest BCUT2D eigenvalue weighted by Crippen LogP contribution is -2.52. The van der Waals surface area contributed by atoms with Crippen LogP contribution in [0, 0.1) is 5.92 Å². The second-order valence-corrected chi connectivity index (χ2v) is 6.74. The highest BCUT2D eigenvalue weighted by Gasteiger charge is 2.35. The van der Waals surface area contributed by atoms with E-state index in [0.29, 0.717) is 24.4 Å². The molecule has 2 rings (SSSR count). The Hall–Kier alpha value is -0.620. The van der Waals surface area contributed by atoms with Crippen LogP contribution in [-0.2, 0) is 0 Å². The Labute approximate surface area is 144 Å². The maximum atomic E-state index is 12.1. The summed E-state index contributed by atoms with van der Waals surface area (Å²) in [6.07, 6.45) is 5.99. The summed E-state index contributed by atoms with van der Waals surface area (Å²) in [5, 5.41) is 13.7. The van der Waals surface area contributed by atoms with Crippen molar-refractivity contribution in [1.82, 2.24) is 15.1 Å². The van der Waals surface area contributed by atoms with Crippen LogP contribution < -0.4 is 5.32 Å². The Morgan fingerprint density at radius 3 is 2.78 bits per heavy atom. The molecule has 1 saturated carbocycles. The summed E-state index contributed by atoms with van der Waals surface area (Å²) < 4.78 is 12.1. The van der Waals surface area contributed by atoms with Gasteiger partial charge in [-0.15, -0.1) is 11.6 Å². The van der Waals surface area contributed by atoms with Crippen LogP contribution in [0.25, 0.3) is 0 Å². The molecular formula is C17H29ClFN3O. The molecule has 0 spiro atoms. The molecule has 2 N–H and O–H groups in total. The fourth-order valence-corrected chi connectivity index (χ4v) is 3.17. The van der Waals surface area contributed by atoms with Crippen molar-refractivity contribution in [2.45, 2.75) is 31.5 Å². The summed E-state index contributed by atoms with van der Waals surface area (Å²) in [6, 6.07) is 0.393. The van der Waals surface area contributed by atoms with Gasteiger partial charge in [-0.25, -0.2) is 4.39 Å². The summed E-state index contributed by atoms with van der Waals surface area (Å²) in [5.41, 5.74) is 1.15. The summed E-state index contributed by atoms with van der Waals surface area (Å²) in [7, 11) is 0. The second kappa shape index (κ2) is 9.62. The Morgan fingerprint density at radius 1 is 1.39 bits per heavy atom. The van der Waals surface area contributed by atoms with Crippen LogP contribution in [0.15, 0.2) is 24.4 Å². The molecule has 2 fully saturated rings. The zero-order valence-corrected chi connectivity index (χ0v) is 14.5. The molecule has 23 heavy (non-hydrogen) atoms. The largest absolute Gasteiger partial charge is 0.377 e. The molecule has 132 valence electrons. The molecular weight excluding hydrogens is 317 g/mol. The molecule has 4 nitrogen and oxygen atoms in total. The van der Waals surface area contributed by atoms with Gasteiger partial charge in [0.1, 0.15) is 12.9 Å². The topological polar surface area (TPSA) is 38.7 Å². The minimum atomic E-state index is -0.459. The predicted molar refractivity (Wildman–Crippen MR) is 93.3 cm³/mol. The summed E-state index contributed by atoms with van der Waals surface area (Å²) in [4.78, 5) is 4.40. The van der Waals surface area contributed by atoms with E-state index in [1.807, 2.05) is 6.08 Å². The number of allylic oxidation sites excluding steroid dienone is 2. The minimum Gasteiger partial charge on any atom is -0.377 e. The number of alkyl halides is 2. The van der Waals surface area contributed by atoms with E-state index in [-0.39, 0.29) is 0 Å². The molecule has 3 unspecified atom stereocenters. The lowest BCUT2D eigenvalue weighted by Gasteiger charge is -2.39. The number of hydrogen-bond donors (Lipinski definition) is 2. The van der Waals surface area contributed by atoms with Crippen LogP contribution >= 0.6 is 11.6 Å². The maximum absolute atomic E-state index is 12.1. The van der Waals surface area contributed by atoms with Gasteiger partial charge in [-0.2, -0.15) is 0 Å². The molecule has 0 aromatic carbocycles. The Kier molecular flexibility index (Phi) is 7.83. The fraction of sp³-hybridized carbons (Fsp3) is 0.765. The number of nitrogens with one attached hydrogen (secondary N) is 1. The highest BCUT2D eigenvalue weighted by atomic mass is 35.5. The first kappa shape index (κ1) is 18.7. The van der Waals surface area contributed by atoms with Crippen molar-refractivity contribution in [3.05, 3.63) is 24.4 Å². The Balaban J connectivity index is 1.61. The second-order valence-electron chi connectivity index (χ2n) is 6.36. The normalized spacial score (nSPS) is 26.7. The smallest absolute Gasteiger partial charge is 0.120 e. The van der Waals surface area contributed by atoms with E-state index in [1.165, 1.54) is 0 Å². The van der Waals surface area contributed by atoms with Gasteiger partial charge in [0.2, 0.25) is 0 Å². The van der Waals surface area contributed by atoms with Gasteiger partial charge in [0, 0.05) is 50.3 Å². The lowest BCUT2D eigenvalue weighted by molar-refractivity contribution is -0.0192. The quantitative estimate of drug-likeness (QED) is 0.469. The molecule has 1 aliphatic heterocycles. The summed E-state index contributed by atoms with van der Waals surface area (Å²) >= 11 is 5.72. The summed E-state index contributed by atoms with van der Waals surface area (Å²) in [5.74, 6) is 1.10. The average molecular weight is 346 g/mol. The minimum absolute atomic E-state index is 0.393. The molecule has 1 heterocycles. The molecule has 0 aromatic heterocycles. The molecule has 0 radical (unpaired) electrons. The third-order valence-electron chi connectivity index (χ3n) is 4.66. The van der Waals surface area contributed by atoms with Crippen molar-refractivity contribution in [3.8, 4) is 0 Å². The van der Waals surface area contributed by atoms with Gasteiger partial charge < -0.3 is 15.3 Å². The molecule has 3 atom stereocenters. The van der Waals surface area contributed by atoms with Crippen LogP contribution in [0.2, 0.25) is 0 Å². The van der Waals surface area contributed by atoms with Crippen molar-refractivity contribution in [3.63, 3.8) is 0 Å². The van der Waals surface area contributed by atoms with Crippen LogP contribution in [-0.4, -0.2) is 72.5 Å². The number of nitrogens with zero attached hydrogens (tertiary/aromatic N) is 2. The molecule has 0 amide bonds. The lowest BCUT2D eigenvalue weighted by atomic mass is 10.2. The average Bonchev–Trinajstić information content (AvgIpc) is 3.34. The van der Waals surface area contributed by atoms with Crippen molar-refractivity contribution in [2.75, 3.05) is 45.3 Å². The number of aliphatic hydroxyl groups is 1. The third kappa shape index (κ3) is 6.07. The van der Waals surface area contributed by atoms with Gasteiger partial charge in [0.15, 0.2) is 0 Å². The molecule has 1 aliphatic carbocycles. The van der Waals surface area contributed by atoms with E-state index < -0.39 is 12.9 Å². The van der Waals surface area contributed by atoms with Crippen LogP contribution in [0.1, 0.15) is 19.3 Å². The number of hydrogen-bond acceptors (Lipinski definition) is 4. The number of halogens is 2. The van der Waals surface area contributed by atoms with Crippen molar-refractivity contribution in [1.29, 1.82) is 0 Å². The maximum Gasteiger partial charge on any atom is 0.120 e. The SMILES string of the molecule is C=C(CCCCl)N1CCN(C(O)CNC2CC2/C=C/CF)CC1. The fourth-order valence-electron chi connectivity index (χ4n) is 3.04. The van der Waals surface area contributed by atoms with Gasteiger partial charge in [-0.05, 0) is 25.2 Å².